The Hall–Kier alpha value is -2.34. The van der Waals surface area contributed by atoms with Gasteiger partial charge in [0, 0.05) is 43.2 Å². The fourth-order valence-electron chi connectivity index (χ4n) is 4.51. The summed E-state index contributed by atoms with van der Waals surface area (Å²) in [6.45, 7) is 3.24. The first kappa shape index (κ1) is 18.0. The van der Waals surface area contributed by atoms with Gasteiger partial charge in [0.1, 0.15) is 6.61 Å². The van der Waals surface area contributed by atoms with Crippen LogP contribution in [-0.4, -0.2) is 38.0 Å². The molecule has 144 valence electrons. The molecule has 1 aromatic carbocycles. The van der Waals surface area contributed by atoms with Crippen LogP contribution in [0.4, 0.5) is 4.79 Å². The van der Waals surface area contributed by atoms with Crippen molar-refractivity contribution in [2.45, 2.75) is 69.9 Å². The van der Waals surface area contributed by atoms with Crippen LogP contribution in [0.3, 0.4) is 0 Å². The summed E-state index contributed by atoms with van der Waals surface area (Å²) in [5.41, 5.74) is 0.939. The van der Waals surface area contributed by atoms with Gasteiger partial charge in [-0.05, 0) is 24.8 Å². The summed E-state index contributed by atoms with van der Waals surface area (Å²) >= 11 is 0. The molecule has 2 aliphatic rings. The lowest BCUT2D eigenvalue weighted by molar-refractivity contribution is -0.0537. The smallest absolute Gasteiger partial charge is 0.410 e. The number of aryl methyl sites for hydroxylation is 1. The van der Waals surface area contributed by atoms with Gasteiger partial charge in [0.05, 0.1) is 11.8 Å². The SMILES string of the molecule is CCCn1cc(C2(O)CC3CCC(C2)N3C(=O)OCc2ccccc2)cn1. The highest BCUT2D eigenvalue weighted by Crippen LogP contribution is 2.45. The van der Waals surface area contributed by atoms with E-state index in [1.54, 1.807) is 6.20 Å². The highest BCUT2D eigenvalue weighted by Gasteiger charge is 2.51. The van der Waals surface area contributed by atoms with Gasteiger partial charge in [0.25, 0.3) is 0 Å². The molecule has 2 aromatic rings. The third-order valence-electron chi connectivity index (χ3n) is 5.81. The minimum Gasteiger partial charge on any atom is -0.445 e. The van der Waals surface area contributed by atoms with Crippen LogP contribution in [0, 0.1) is 0 Å². The Balaban J connectivity index is 1.42. The Bertz CT molecular complexity index is 775. The molecule has 1 N–H and O–H groups in total. The summed E-state index contributed by atoms with van der Waals surface area (Å²) in [4.78, 5) is 14.5. The van der Waals surface area contributed by atoms with Gasteiger partial charge < -0.3 is 14.7 Å². The number of hydrogen-bond acceptors (Lipinski definition) is 4. The fourth-order valence-corrected chi connectivity index (χ4v) is 4.51. The third-order valence-corrected chi connectivity index (χ3v) is 5.81. The molecule has 2 bridgehead atoms. The zero-order valence-electron chi connectivity index (χ0n) is 15.8. The standard InChI is InChI=1S/C21H27N3O3/c1-2-10-23-14-17(13-22-23)21(26)11-18-8-9-19(12-21)24(18)20(25)27-15-16-6-4-3-5-7-16/h3-7,13-14,18-19,26H,2,8-12,15H2,1H3. The zero-order valence-corrected chi connectivity index (χ0v) is 15.8. The number of fused-ring (bicyclic) bond motifs is 2. The van der Waals surface area contributed by atoms with E-state index in [1.165, 1.54) is 0 Å². The summed E-state index contributed by atoms with van der Waals surface area (Å²) in [6.07, 6.45) is 7.38. The zero-order chi connectivity index (χ0) is 18.9. The van der Waals surface area contributed by atoms with Gasteiger partial charge in [-0.15, -0.1) is 0 Å². The van der Waals surface area contributed by atoms with Gasteiger partial charge in [-0.2, -0.15) is 5.10 Å². The number of carbonyl (C=O) groups excluding carboxylic acids is 1. The molecule has 1 amide bonds. The van der Waals surface area contributed by atoms with E-state index in [2.05, 4.69) is 12.0 Å². The molecule has 2 fully saturated rings. The van der Waals surface area contributed by atoms with E-state index >= 15 is 0 Å². The lowest BCUT2D eigenvalue weighted by Crippen LogP contribution is -2.52. The molecule has 6 heteroatoms. The molecule has 27 heavy (non-hydrogen) atoms. The van der Waals surface area contributed by atoms with E-state index in [4.69, 9.17) is 4.74 Å². The summed E-state index contributed by atoms with van der Waals surface area (Å²) in [7, 11) is 0. The number of hydrogen-bond donors (Lipinski definition) is 1. The highest BCUT2D eigenvalue weighted by atomic mass is 16.6. The van der Waals surface area contributed by atoms with Crippen LogP contribution in [0.2, 0.25) is 0 Å². The second-order valence-electron chi connectivity index (χ2n) is 7.76. The average Bonchev–Trinajstić information content (AvgIpc) is 3.25. The molecular weight excluding hydrogens is 342 g/mol. The van der Waals surface area contributed by atoms with Crippen molar-refractivity contribution >= 4 is 6.09 Å². The maximum Gasteiger partial charge on any atom is 0.410 e. The molecule has 2 unspecified atom stereocenters. The van der Waals surface area contributed by atoms with Crippen molar-refractivity contribution in [3.63, 3.8) is 0 Å². The number of aliphatic hydroxyl groups is 1. The molecule has 3 heterocycles. The van der Waals surface area contributed by atoms with Crippen LogP contribution in [0.15, 0.2) is 42.7 Å². The number of carbonyl (C=O) groups is 1. The van der Waals surface area contributed by atoms with E-state index < -0.39 is 5.60 Å². The number of rotatable bonds is 5. The Kier molecular flexibility index (Phi) is 4.91. The second kappa shape index (κ2) is 7.35. The molecular formula is C21H27N3O3. The van der Waals surface area contributed by atoms with Crippen molar-refractivity contribution in [1.82, 2.24) is 14.7 Å². The number of nitrogens with zero attached hydrogens (tertiary/aromatic N) is 3. The Labute approximate surface area is 159 Å². The maximum absolute atomic E-state index is 12.7. The highest BCUT2D eigenvalue weighted by molar-refractivity contribution is 5.69. The topological polar surface area (TPSA) is 67.6 Å². The van der Waals surface area contributed by atoms with Crippen molar-refractivity contribution in [1.29, 1.82) is 0 Å². The van der Waals surface area contributed by atoms with Gasteiger partial charge in [0.15, 0.2) is 0 Å². The Morgan fingerprint density at radius 2 is 1.96 bits per heavy atom. The van der Waals surface area contributed by atoms with Gasteiger partial charge in [-0.25, -0.2) is 4.79 Å². The molecule has 2 saturated heterocycles. The molecule has 1 aromatic heterocycles. The van der Waals surface area contributed by atoms with Gasteiger partial charge in [-0.1, -0.05) is 37.3 Å². The van der Waals surface area contributed by atoms with Crippen molar-refractivity contribution in [3.05, 3.63) is 53.9 Å². The van der Waals surface area contributed by atoms with E-state index in [9.17, 15) is 9.90 Å². The van der Waals surface area contributed by atoms with Crippen molar-refractivity contribution in [3.8, 4) is 0 Å². The summed E-state index contributed by atoms with van der Waals surface area (Å²) in [5.74, 6) is 0. The van der Waals surface area contributed by atoms with Gasteiger partial charge in [0.2, 0.25) is 0 Å². The van der Waals surface area contributed by atoms with Gasteiger partial charge >= 0.3 is 6.09 Å². The van der Waals surface area contributed by atoms with E-state index in [1.807, 2.05) is 46.1 Å². The molecule has 6 nitrogen and oxygen atoms in total. The van der Waals surface area contributed by atoms with Crippen LogP contribution in [0.1, 0.15) is 50.2 Å². The number of amides is 1. The molecule has 0 spiro atoms. The van der Waals surface area contributed by atoms with Crippen LogP contribution in [0.5, 0.6) is 0 Å². The second-order valence-corrected chi connectivity index (χ2v) is 7.76. The summed E-state index contributed by atoms with van der Waals surface area (Å²) in [6, 6.07) is 9.76. The minimum absolute atomic E-state index is 0.0200. The normalized spacial score (nSPS) is 27.0. The predicted molar refractivity (Wildman–Crippen MR) is 101 cm³/mol. The Morgan fingerprint density at radius 1 is 1.26 bits per heavy atom. The number of benzene rings is 1. The first-order valence-corrected chi connectivity index (χ1v) is 9.83. The number of ether oxygens (including phenoxy) is 1. The minimum atomic E-state index is -0.909. The van der Waals surface area contributed by atoms with E-state index in [0.29, 0.717) is 12.8 Å². The van der Waals surface area contributed by atoms with Crippen LogP contribution >= 0.6 is 0 Å². The van der Waals surface area contributed by atoms with Gasteiger partial charge in [-0.3, -0.25) is 4.68 Å². The van der Waals surface area contributed by atoms with E-state index in [-0.39, 0.29) is 24.8 Å². The molecule has 2 aliphatic heterocycles. The lowest BCUT2D eigenvalue weighted by atomic mass is 9.82. The monoisotopic (exact) mass is 369 g/mol. The molecule has 0 radical (unpaired) electrons. The van der Waals surface area contributed by atoms with Crippen LogP contribution in [-0.2, 0) is 23.5 Å². The predicted octanol–water partition coefficient (Wildman–Crippen LogP) is 3.44. The first-order valence-electron chi connectivity index (χ1n) is 9.83. The maximum atomic E-state index is 12.7. The quantitative estimate of drug-likeness (QED) is 0.877. The summed E-state index contributed by atoms with van der Waals surface area (Å²) in [5, 5.41) is 15.6. The van der Waals surface area contributed by atoms with Crippen molar-refractivity contribution < 1.29 is 14.6 Å². The lowest BCUT2D eigenvalue weighted by Gasteiger charge is -2.42. The number of piperidine rings is 1. The molecule has 0 aliphatic carbocycles. The fraction of sp³-hybridized carbons (Fsp3) is 0.524. The first-order chi connectivity index (χ1) is 13.1. The summed E-state index contributed by atoms with van der Waals surface area (Å²) < 4.78 is 7.43. The Morgan fingerprint density at radius 3 is 2.63 bits per heavy atom. The molecule has 0 saturated carbocycles. The van der Waals surface area contributed by atoms with Crippen LogP contribution < -0.4 is 0 Å². The molecule has 4 rings (SSSR count). The van der Waals surface area contributed by atoms with Crippen molar-refractivity contribution in [2.75, 3.05) is 0 Å². The third kappa shape index (κ3) is 3.58. The molecule has 2 atom stereocenters. The average molecular weight is 369 g/mol. The largest absolute Gasteiger partial charge is 0.445 e. The van der Waals surface area contributed by atoms with Crippen LogP contribution in [0.25, 0.3) is 0 Å². The van der Waals surface area contributed by atoms with Crippen molar-refractivity contribution in [2.24, 2.45) is 0 Å². The number of aromatic nitrogens is 2. The van der Waals surface area contributed by atoms with E-state index in [0.717, 1.165) is 36.9 Å².